The fourth-order valence-electron chi connectivity index (χ4n) is 2.76. The molecule has 3 amide bonds. The second kappa shape index (κ2) is 8.34. The molecule has 0 radical (unpaired) electrons. The maximum absolute atomic E-state index is 12.0. The molecule has 2 rings (SSSR count). The molecule has 0 aliphatic carbocycles. The quantitative estimate of drug-likeness (QED) is 0.825. The Morgan fingerprint density at radius 3 is 2.29 bits per heavy atom. The molecule has 28 heavy (non-hydrogen) atoms. The maximum Gasteiger partial charge on any atom is 0.408 e. The van der Waals surface area contributed by atoms with E-state index in [1.807, 2.05) is 4.90 Å². The van der Waals surface area contributed by atoms with Crippen LogP contribution in [0.2, 0.25) is 0 Å². The third kappa shape index (κ3) is 6.08. The second-order valence-corrected chi connectivity index (χ2v) is 8.70. The number of piperazine rings is 1. The van der Waals surface area contributed by atoms with Gasteiger partial charge >= 0.3 is 12.1 Å². The first-order chi connectivity index (χ1) is 12.9. The number of nitrogens with zero attached hydrogens (tertiary/aromatic N) is 5. The van der Waals surface area contributed by atoms with Crippen molar-refractivity contribution in [2.45, 2.75) is 52.3 Å². The molecule has 1 fully saturated rings. The van der Waals surface area contributed by atoms with Crippen LogP contribution in [0.4, 0.5) is 9.59 Å². The normalized spacial score (nSPS) is 16.0. The van der Waals surface area contributed by atoms with Crippen LogP contribution in [0.15, 0.2) is 4.52 Å². The number of rotatable bonds is 4. The van der Waals surface area contributed by atoms with Gasteiger partial charge in [-0.15, -0.1) is 0 Å². The molecule has 0 unspecified atom stereocenters. The van der Waals surface area contributed by atoms with Gasteiger partial charge in [-0.25, -0.2) is 9.59 Å². The van der Waals surface area contributed by atoms with Gasteiger partial charge in [-0.2, -0.15) is 4.98 Å². The highest BCUT2D eigenvalue weighted by atomic mass is 16.6. The van der Waals surface area contributed by atoms with E-state index in [2.05, 4.69) is 20.4 Å². The Labute approximate surface area is 166 Å². The zero-order valence-corrected chi connectivity index (χ0v) is 17.9. The minimum Gasteiger partial charge on any atom is -0.444 e. The lowest BCUT2D eigenvalue weighted by Crippen LogP contribution is -2.51. The Kier molecular flexibility index (Phi) is 6.53. The highest BCUT2D eigenvalue weighted by Crippen LogP contribution is 2.19. The first-order valence-electron chi connectivity index (χ1n) is 9.40. The first kappa shape index (κ1) is 21.9. The smallest absolute Gasteiger partial charge is 0.408 e. The lowest BCUT2D eigenvalue weighted by atomic mass is 10.1. The molecule has 1 aromatic heterocycles. The van der Waals surface area contributed by atoms with Crippen molar-refractivity contribution in [3.63, 3.8) is 0 Å². The van der Waals surface area contributed by atoms with Gasteiger partial charge in [0.25, 0.3) is 0 Å². The summed E-state index contributed by atoms with van der Waals surface area (Å²) in [6, 6.07) is 0.0229. The highest BCUT2D eigenvalue weighted by molar-refractivity contribution is 5.73. The summed E-state index contributed by atoms with van der Waals surface area (Å²) >= 11 is 0. The van der Waals surface area contributed by atoms with E-state index >= 15 is 0 Å². The Morgan fingerprint density at radius 1 is 1.14 bits per heavy atom. The molecule has 1 N–H and O–H groups in total. The number of ether oxygens (including phenoxy) is 1. The Hall–Kier alpha value is -2.36. The lowest BCUT2D eigenvalue weighted by molar-refractivity contribution is 0.0465. The third-order valence-corrected chi connectivity index (χ3v) is 4.22. The van der Waals surface area contributed by atoms with Crippen molar-refractivity contribution in [1.29, 1.82) is 0 Å². The average molecular weight is 396 g/mol. The van der Waals surface area contributed by atoms with Gasteiger partial charge in [-0.1, -0.05) is 5.16 Å². The van der Waals surface area contributed by atoms with Gasteiger partial charge in [0, 0.05) is 40.3 Å². The van der Waals surface area contributed by atoms with Crippen molar-refractivity contribution in [1.82, 2.24) is 30.2 Å². The lowest BCUT2D eigenvalue weighted by Gasteiger charge is -2.35. The minimum absolute atomic E-state index is 0.0229. The SMILES string of the molecule is CN(C)C(=O)N1CCN(Cc2nc(C(C)(C)NC(=O)OC(C)(C)C)no2)CC1. The van der Waals surface area contributed by atoms with Gasteiger partial charge < -0.3 is 24.4 Å². The van der Waals surface area contributed by atoms with E-state index < -0.39 is 17.2 Å². The molecule has 0 atom stereocenters. The number of carbonyl (C=O) groups is 2. The van der Waals surface area contributed by atoms with Gasteiger partial charge in [0.05, 0.1) is 6.54 Å². The van der Waals surface area contributed by atoms with E-state index in [1.165, 1.54) is 0 Å². The van der Waals surface area contributed by atoms with E-state index in [0.717, 1.165) is 13.1 Å². The molecule has 1 saturated heterocycles. The third-order valence-electron chi connectivity index (χ3n) is 4.22. The van der Waals surface area contributed by atoms with Crippen molar-refractivity contribution < 1.29 is 18.8 Å². The molecule has 1 aliphatic heterocycles. The number of hydrogen-bond donors (Lipinski definition) is 1. The van der Waals surface area contributed by atoms with Gasteiger partial charge in [-0.05, 0) is 34.6 Å². The van der Waals surface area contributed by atoms with E-state index in [1.54, 1.807) is 53.6 Å². The van der Waals surface area contributed by atoms with E-state index in [0.29, 0.717) is 31.3 Å². The van der Waals surface area contributed by atoms with Gasteiger partial charge in [0.2, 0.25) is 5.89 Å². The van der Waals surface area contributed by atoms with Crippen molar-refractivity contribution in [3.8, 4) is 0 Å². The summed E-state index contributed by atoms with van der Waals surface area (Å²) < 4.78 is 10.7. The molecule has 0 saturated carbocycles. The molecule has 10 nitrogen and oxygen atoms in total. The number of amides is 3. The molecule has 0 bridgehead atoms. The summed E-state index contributed by atoms with van der Waals surface area (Å²) in [5, 5.41) is 6.78. The molecule has 158 valence electrons. The van der Waals surface area contributed by atoms with Crippen molar-refractivity contribution in [3.05, 3.63) is 11.7 Å². The number of nitrogens with one attached hydrogen (secondary N) is 1. The van der Waals surface area contributed by atoms with Crippen LogP contribution in [0, 0.1) is 0 Å². The number of hydrogen-bond acceptors (Lipinski definition) is 7. The van der Waals surface area contributed by atoms with Crippen LogP contribution < -0.4 is 5.32 Å². The monoisotopic (exact) mass is 396 g/mol. The molecule has 0 spiro atoms. The van der Waals surface area contributed by atoms with Crippen LogP contribution >= 0.6 is 0 Å². The molecule has 1 aromatic rings. The second-order valence-electron chi connectivity index (χ2n) is 8.70. The number of urea groups is 1. The van der Waals surface area contributed by atoms with Crippen LogP contribution in [-0.4, -0.2) is 82.8 Å². The van der Waals surface area contributed by atoms with Crippen molar-refractivity contribution in [2.75, 3.05) is 40.3 Å². The molecular formula is C18H32N6O4. The summed E-state index contributed by atoms with van der Waals surface area (Å²) in [6.45, 7) is 12.3. The van der Waals surface area contributed by atoms with Crippen LogP contribution in [0.25, 0.3) is 0 Å². The summed E-state index contributed by atoms with van der Waals surface area (Å²) in [6.07, 6.45) is -0.537. The van der Waals surface area contributed by atoms with Crippen molar-refractivity contribution in [2.24, 2.45) is 0 Å². The minimum atomic E-state index is -0.832. The Morgan fingerprint density at radius 2 is 1.75 bits per heavy atom. The average Bonchev–Trinajstić information content (AvgIpc) is 3.02. The molecule has 0 aromatic carbocycles. The van der Waals surface area contributed by atoms with Crippen LogP contribution in [0.1, 0.15) is 46.3 Å². The van der Waals surface area contributed by atoms with Gasteiger partial charge in [0.15, 0.2) is 5.82 Å². The molecule has 2 heterocycles. The highest BCUT2D eigenvalue weighted by Gasteiger charge is 2.31. The summed E-state index contributed by atoms with van der Waals surface area (Å²) in [5.41, 5.74) is -1.42. The predicted molar refractivity (Wildman–Crippen MR) is 103 cm³/mol. The first-order valence-corrected chi connectivity index (χ1v) is 9.40. The Balaban J connectivity index is 1.90. The number of carbonyl (C=O) groups excluding carboxylic acids is 2. The summed E-state index contributed by atoms with van der Waals surface area (Å²) in [7, 11) is 3.50. The van der Waals surface area contributed by atoms with Crippen molar-refractivity contribution >= 4 is 12.1 Å². The van der Waals surface area contributed by atoms with E-state index in [-0.39, 0.29) is 6.03 Å². The zero-order valence-electron chi connectivity index (χ0n) is 17.9. The molecule has 10 heteroatoms. The van der Waals surface area contributed by atoms with Crippen LogP contribution in [0.5, 0.6) is 0 Å². The molecular weight excluding hydrogens is 364 g/mol. The predicted octanol–water partition coefficient (Wildman–Crippen LogP) is 1.63. The number of alkyl carbamates (subject to hydrolysis) is 1. The fourth-order valence-corrected chi connectivity index (χ4v) is 2.76. The standard InChI is InChI=1S/C18H32N6O4/c1-17(2,3)27-15(25)20-18(4,5)14-19-13(28-21-14)12-23-8-10-24(11-9-23)16(26)22(6)7/h8-12H2,1-7H3,(H,20,25). The zero-order chi connectivity index (χ0) is 21.1. The number of aromatic nitrogens is 2. The molecule has 1 aliphatic rings. The summed E-state index contributed by atoms with van der Waals surface area (Å²) in [4.78, 5) is 34.0. The van der Waals surface area contributed by atoms with E-state index in [9.17, 15) is 9.59 Å². The largest absolute Gasteiger partial charge is 0.444 e. The fraction of sp³-hybridized carbons (Fsp3) is 0.778. The van der Waals surface area contributed by atoms with Gasteiger partial charge in [0.1, 0.15) is 11.1 Å². The van der Waals surface area contributed by atoms with Crippen LogP contribution in [-0.2, 0) is 16.8 Å². The van der Waals surface area contributed by atoms with Crippen LogP contribution in [0.3, 0.4) is 0 Å². The topological polar surface area (TPSA) is 104 Å². The van der Waals surface area contributed by atoms with E-state index in [4.69, 9.17) is 9.26 Å². The summed E-state index contributed by atoms with van der Waals surface area (Å²) in [5.74, 6) is 0.858. The maximum atomic E-state index is 12.0. The van der Waals surface area contributed by atoms with Gasteiger partial charge in [-0.3, -0.25) is 4.90 Å². The Bertz CT molecular complexity index is 686.